The number of aromatic nitrogens is 4. The number of rotatable bonds is 6. The first-order valence-electron chi connectivity index (χ1n) is 12.0. The van der Waals surface area contributed by atoms with Gasteiger partial charge in [0.1, 0.15) is 21.2 Å². The van der Waals surface area contributed by atoms with Gasteiger partial charge in [-0.15, -0.1) is 0 Å². The van der Waals surface area contributed by atoms with Gasteiger partial charge < -0.3 is 16.4 Å². The predicted octanol–water partition coefficient (Wildman–Crippen LogP) is 4.22. The summed E-state index contributed by atoms with van der Waals surface area (Å²) in [5.41, 5.74) is 6.56. The van der Waals surface area contributed by atoms with Crippen molar-refractivity contribution in [2.45, 2.75) is 50.6 Å². The summed E-state index contributed by atoms with van der Waals surface area (Å²) in [5, 5.41) is 6.52. The van der Waals surface area contributed by atoms with Crippen LogP contribution in [0.1, 0.15) is 44.6 Å². The number of nitrogens with two attached hydrogens (primary N) is 1. The highest BCUT2D eigenvalue weighted by Gasteiger charge is 2.30. The summed E-state index contributed by atoms with van der Waals surface area (Å²) >= 11 is 12.2. The van der Waals surface area contributed by atoms with Crippen molar-refractivity contribution >= 4 is 67.7 Å². The molecular weight excluding hydrogens is 544 g/mol. The molecule has 10 nitrogen and oxygen atoms in total. The number of benzene rings is 1. The molecule has 3 heterocycles. The van der Waals surface area contributed by atoms with Crippen LogP contribution in [0.5, 0.6) is 0 Å². The van der Waals surface area contributed by atoms with Gasteiger partial charge in [0.05, 0.1) is 28.4 Å². The van der Waals surface area contributed by atoms with E-state index in [9.17, 15) is 17.6 Å². The van der Waals surface area contributed by atoms with E-state index in [0.717, 1.165) is 6.07 Å². The molecule has 2 fully saturated rings. The first-order valence-corrected chi connectivity index (χ1v) is 14.6. The minimum Gasteiger partial charge on any atom is -0.369 e. The van der Waals surface area contributed by atoms with Gasteiger partial charge in [0.2, 0.25) is 17.8 Å². The van der Waals surface area contributed by atoms with E-state index >= 15 is 0 Å². The number of anilines is 3. The fourth-order valence-corrected chi connectivity index (χ4v) is 7.01. The van der Waals surface area contributed by atoms with Gasteiger partial charge in [-0.1, -0.05) is 23.2 Å². The van der Waals surface area contributed by atoms with Crippen LogP contribution in [0.15, 0.2) is 18.3 Å². The number of carbonyl (C=O) groups is 1. The molecule has 0 radical (unpaired) electrons. The van der Waals surface area contributed by atoms with Gasteiger partial charge in [-0.3, -0.25) is 9.36 Å². The highest BCUT2D eigenvalue weighted by Crippen LogP contribution is 2.38. The molecule has 1 aliphatic heterocycles. The van der Waals surface area contributed by atoms with Gasteiger partial charge >= 0.3 is 0 Å². The number of carbonyl (C=O) groups excluding carboxylic acids is 1. The summed E-state index contributed by atoms with van der Waals surface area (Å²) in [6.07, 6.45) is 5.04. The molecule has 1 amide bonds. The fraction of sp³-hybridized carbons (Fsp3) is 0.478. The lowest BCUT2D eigenvalue weighted by Gasteiger charge is -2.29. The number of nitrogens with one attached hydrogen (secondary N) is 2. The Balaban J connectivity index is 1.50. The third kappa shape index (κ3) is 5.60. The van der Waals surface area contributed by atoms with E-state index in [-0.39, 0.29) is 51.1 Å². The predicted molar refractivity (Wildman–Crippen MR) is 141 cm³/mol. The van der Waals surface area contributed by atoms with E-state index in [1.165, 1.54) is 6.07 Å². The van der Waals surface area contributed by atoms with Crippen molar-refractivity contribution in [1.82, 2.24) is 19.5 Å². The number of hydrogen-bond donors (Lipinski definition) is 3. The third-order valence-electron chi connectivity index (χ3n) is 7.03. The van der Waals surface area contributed by atoms with Crippen molar-refractivity contribution in [3.05, 3.63) is 34.2 Å². The number of fused-ring (bicyclic) bond motifs is 1. The molecule has 1 aliphatic carbocycles. The molecule has 2 aromatic heterocycles. The number of hydrogen-bond acceptors (Lipinski definition) is 8. The zero-order chi connectivity index (χ0) is 26.3. The second kappa shape index (κ2) is 10.2. The van der Waals surface area contributed by atoms with Crippen molar-refractivity contribution < 1.29 is 17.6 Å². The van der Waals surface area contributed by atoms with E-state index in [1.54, 1.807) is 6.20 Å². The Hall–Kier alpha value is -2.70. The Bertz CT molecular complexity index is 1420. The molecule has 1 saturated heterocycles. The zero-order valence-electron chi connectivity index (χ0n) is 19.8. The van der Waals surface area contributed by atoms with Crippen molar-refractivity contribution in [2.24, 2.45) is 11.7 Å². The van der Waals surface area contributed by atoms with Gasteiger partial charge in [0.15, 0.2) is 5.65 Å². The highest BCUT2D eigenvalue weighted by atomic mass is 35.5. The lowest BCUT2D eigenvalue weighted by molar-refractivity contribution is -0.122. The number of sulfone groups is 1. The molecule has 1 saturated carbocycles. The van der Waals surface area contributed by atoms with E-state index in [4.69, 9.17) is 33.9 Å². The van der Waals surface area contributed by atoms with E-state index in [2.05, 4.69) is 20.6 Å². The maximum absolute atomic E-state index is 14.7. The van der Waals surface area contributed by atoms with Crippen LogP contribution in [0.3, 0.4) is 0 Å². The highest BCUT2D eigenvalue weighted by molar-refractivity contribution is 7.91. The number of amides is 1. The molecule has 1 aromatic carbocycles. The topological polar surface area (TPSA) is 145 Å². The van der Waals surface area contributed by atoms with Crippen LogP contribution in [0, 0.1) is 11.7 Å². The minimum atomic E-state index is -3.00. The van der Waals surface area contributed by atoms with Crippen LogP contribution >= 0.6 is 23.2 Å². The lowest BCUT2D eigenvalue weighted by atomic mass is 9.85. The molecule has 0 atom stereocenters. The van der Waals surface area contributed by atoms with Crippen LogP contribution in [-0.2, 0) is 14.6 Å². The number of imidazole rings is 1. The van der Waals surface area contributed by atoms with Gasteiger partial charge in [-0.25, -0.2) is 22.8 Å². The van der Waals surface area contributed by atoms with Crippen molar-refractivity contribution in [2.75, 3.05) is 22.1 Å². The molecule has 0 unspecified atom stereocenters. The van der Waals surface area contributed by atoms with Gasteiger partial charge in [0.25, 0.3) is 0 Å². The van der Waals surface area contributed by atoms with E-state index < -0.39 is 15.7 Å². The van der Waals surface area contributed by atoms with Crippen molar-refractivity contribution in [3.8, 4) is 0 Å². The summed E-state index contributed by atoms with van der Waals surface area (Å²) < 4.78 is 40.2. The summed E-state index contributed by atoms with van der Waals surface area (Å²) in [5.74, 6) is -0.216. The van der Waals surface area contributed by atoms with E-state index in [0.29, 0.717) is 61.6 Å². The summed E-state index contributed by atoms with van der Waals surface area (Å²) in [7, 11) is -3.00. The molecule has 5 rings (SSSR count). The normalized spacial score (nSPS) is 22.1. The largest absolute Gasteiger partial charge is 0.369 e. The SMILES string of the molecule is NC(=O)[C@H]1CC[C@@H](n2c(Nc3c(F)cc(Cl)cc3Cl)nc3cnc(NC4CCS(=O)(=O)CC4)nc32)CC1. The quantitative estimate of drug-likeness (QED) is 0.400. The Labute approximate surface area is 223 Å². The number of halogens is 3. The first-order chi connectivity index (χ1) is 17.6. The minimum absolute atomic E-state index is 0.0307. The summed E-state index contributed by atoms with van der Waals surface area (Å²) in [6, 6.07) is 2.45. The Morgan fingerprint density at radius 2 is 1.78 bits per heavy atom. The monoisotopic (exact) mass is 569 g/mol. The molecule has 4 N–H and O–H groups in total. The number of nitrogens with zero attached hydrogens (tertiary/aromatic N) is 4. The lowest BCUT2D eigenvalue weighted by Crippen LogP contribution is -2.32. The molecular formula is C23H26Cl2FN7O3S. The maximum atomic E-state index is 14.7. The zero-order valence-corrected chi connectivity index (χ0v) is 22.1. The molecule has 14 heteroatoms. The molecule has 3 aromatic rings. The van der Waals surface area contributed by atoms with Crippen LogP contribution in [-0.4, -0.2) is 51.4 Å². The standard InChI is InChI=1S/C23H26Cl2FN7O3S/c24-13-9-16(25)19(17(26)10-13)31-23-30-18-11-28-22(29-14-5-7-37(35,36)8-6-14)32-21(18)33(23)15-3-1-12(2-4-15)20(27)34/h9-12,14-15H,1-8H2,(H2,27,34)(H,30,31)(H,28,29,32)/t12-,15+. The van der Waals surface area contributed by atoms with E-state index in [1.807, 2.05) is 4.57 Å². The Kier molecular flexibility index (Phi) is 7.16. The molecule has 37 heavy (non-hydrogen) atoms. The van der Waals surface area contributed by atoms with Gasteiger partial charge in [-0.2, -0.15) is 4.98 Å². The average molecular weight is 570 g/mol. The van der Waals surface area contributed by atoms with Crippen LogP contribution in [0.2, 0.25) is 10.0 Å². The van der Waals surface area contributed by atoms with Crippen molar-refractivity contribution in [3.63, 3.8) is 0 Å². The van der Waals surface area contributed by atoms with Gasteiger partial charge in [-0.05, 0) is 50.7 Å². The fourth-order valence-electron chi connectivity index (χ4n) is 5.00. The van der Waals surface area contributed by atoms with Crippen LogP contribution in [0.25, 0.3) is 11.2 Å². The van der Waals surface area contributed by atoms with Crippen LogP contribution < -0.4 is 16.4 Å². The number of primary amides is 1. The Morgan fingerprint density at radius 3 is 2.43 bits per heavy atom. The van der Waals surface area contributed by atoms with Gasteiger partial charge in [0, 0.05) is 23.0 Å². The summed E-state index contributed by atoms with van der Waals surface area (Å²) in [4.78, 5) is 25.4. The molecule has 0 bridgehead atoms. The molecule has 198 valence electrons. The maximum Gasteiger partial charge on any atom is 0.224 e. The average Bonchev–Trinajstić information content (AvgIpc) is 3.20. The Morgan fingerprint density at radius 1 is 1.08 bits per heavy atom. The van der Waals surface area contributed by atoms with Crippen LogP contribution in [0.4, 0.5) is 22.0 Å². The third-order valence-corrected chi connectivity index (χ3v) is 9.26. The molecule has 0 spiro atoms. The molecule has 2 aliphatic rings. The second-order valence-electron chi connectivity index (χ2n) is 9.56. The summed E-state index contributed by atoms with van der Waals surface area (Å²) in [6.45, 7) is 0. The smallest absolute Gasteiger partial charge is 0.224 e. The first kappa shape index (κ1) is 25.9. The van der Waals surface area contributed by atoms with Crippen molar-refractivity contribution in [1.29, 1.82) is 0 Å². The second-order valence-corrected chi connectivity index (χ2v) is 12.7.